The molecule has 0 aromatic rings. The van der Waals surface area contributed by atoms with Crippen LogP contribution in [-0.2, 0) is 9.53 Å². The van der Waals surface area contributed by atoms with E-state index in [1.54, 1.807) is 0 Å². The van der Waals surface area contributed by atoms with Crippen LogP contribution in [0.15, 0.2) is 0 Å². The van der Waals surface area contributed by atoms with Crippen molar-refractivity contribution in [2.75, 3.05) is 0 Å². The normalized spacial score (nSPS) is 53.9. The van der Waals surface area contributed by atoms with E-state index in [-0.39, 0.29) is 29.5 Å². The fourth-order valence-corrected chi connectivity index (χ4v) is 4.62. The standard InChI is InChI=1S/C15H24O3/c1-9-6-11-13(18-11)10(7-16)4-5-12-14(2,3)8-15(9,12)17/h7,9-13,17H,4-6,8H2,1-3H3. The number of aldehydes is 1. The molecule has 1 aliphatic heterocycles. The number of rotatable bonds is 1. The van der Waals surface area contributed by atoms with Gasteiger partial charge in [-0.2, -0.15) is 0 Å². The highest BCUT2D eigenvalue weighted by Crippen LogP contribution is 2.60. The van der Waals surface area contributed by atoms with Crippen molar-refractivity contribution < 1.29 is 14.6 Å². The topological polar surface area (TPSA) is 49.8 Å². The summed E-state index contributed by atoms with van der Waals surface area (Å²) in [5.74, 6) is 0.650. The van der Waals surface area contributed by atoms with Crippen LogP contribution in [0.2, 0.25) is 0 Å². The summed E-state index contributed by atoms with van der Waals surface area (Å²) in [5.41, 5.74) is -0.316. The van der Waals surface area contributed by atoms with E-state index in [0.29, 0.717) is 5.92 Å². The third-order valence-corrected chi connectivity index (χ3v) is 5.73. The average Bonchev–Trinajstić information content (AvgIpc) is 3.01. The second-order valence-electron chi connectivity index (χ2n) is 7.36. The first kappa shape index (κ1) is 12.6. The van der Waals surface area contributed by atoms with Crippen molar-refractivity contribution in [1.82, 2.24) is 0 Å². The molecule has 3 heteroatoms. The maximum absolute atomic E-state index is 11.2. The number of aliphatic hydroxyl groups is 1. The van der Waals surface area contributed by atoms with Gasteiger partial charge in [0.05, 0.1) is 17.8 Å². The number of hydrogen-bond donors (Lipinski definition) is 1. The van der Waals surface area contributed by atoms with Gasteiger partial charge in [-0.15, -0.1) is 0 Å². The molecule has 3 nitrogen and oxygen atoms in total. The van der Waals surface area contributed by atoms with E-state index in [0.717, 1.165) is 32.0 Å². The lowest BCUT2D eigenvalue weighted by atomic mass is 9.48. The lowest BCUT2D eigenvalue weighted by Gasteiger charge is -2.60. The summed E-state index contributed by atoms with van der Waals surface area (Å²) >= 11 is 0. The molecule has 0 aromatic heterocycles. The van der Waals surface area contributed by atoms with Gasteiger partial charge in [0, 0.05) is 5.92 Å². The van der Waals surface area contributed by atoms with Crippen LogP contribution in [-0.4, -0.2) is 29.2 Å². The molecule has 18 heavy (non-hydrogen) atoms. The Kier molecular flexibility index (Phi) is 2.66. The average molecular weight is 252 g/mol. The molecule has 0 bridgehead atoms. The fourth-order valence-electron chi connectivity index (χ4n) is 4.62. The zero-order valence-corrected chi connectivity index (χ0v) is 11.6. The minimum Gasteiger partial charge on any atom is -0.389 e. The third-order valence-electron chi connectivity index (χ3n) is 5.73. The van der Waals surface area contributed by atoms with Crippen molar-refractivity contribution >= 4 is 6.29 Å². The van der Waals surface area contributed by atoms with E-state index in [1.807, 2.05) is 0 Å². The molecule has 102 valence electrons. The molecule has 6 unspecified atom stereocenters. The lowest BCUT2D eigenvalue weighted by Crippen LogP contribution is -2.62. The maximum atomic E-state index is 11.2. The number of carbonyl (C=O) groups is 1. The van der Waals surface area contributed by atoms with Crippen molar-refractivity contribution in [3.63, 3.8) is 0 Å². The molecular formula is C15H24O3. The van der Waals surface area contributed by atoms with Crippen LogP contribution in [0.5, 0.6) is 0 Å². The van der Waals surface area contributed by atoms with Gasteiger partial charge in [-0.3, -0.25) is 0 Å². The Hall–Kier alpha value is -0.410. The SMILES string of the molecule is CC1CC2OC2C(C=O)CCC2C(C)(C)CC12O. The molecule has 3 aliphatic rings. The van der Waals surface area contributed by atoms with Gasteiger partial charge >= 0.3 is 0 Å². The Bertz CT molecular complexity index is 365. The van der Waals surface area contributed by atoms with E-state index < -0.39 is 5.60 Å². The molecule has 1 heterocycles. The molecule has 0 radical (unpaired) electrons. The zero-order chi connectivity index (χ0) is 13.1. The van der Waals surface area contributed by atoms with Gasteiger partial charge in [0.25, 0.3) is 0 Å². The number of fused-ring (bicyclic) bond motifs is 2. The summed E-state index contributed by atoms with van der Waals surface area (Å²) in [6.07, 6.45) is 5.01. The number of hydrogen-bond acceptors (Lipinski definition) is 3. The molecule has 0 amide bonds. The molecular weight excluding hydrogens is 228 g/mol. The van der Waals surface area contributed by atoms with Crippen LogP contribution < -0.4 is 0 Å². The highest BCUT2D eigenvalue weighted by molar-refractivity contribution is 5.55. The third kappa shape index (κ3) is 1.67. The predicted molar refractivity (Wildman–Crippen MR) is 68.1 cm³/mol. The quantitative estimate of drug-likeness (QED) is 0.575. The number of epoxide rings is 1. The van der Waals surface area contributed by atoms with Gasteiger partial charge in [0.1, 0.15) is 6.29 Å². The number of carbonyl (C=O) groups excluding carboxylic acids is 1. The Labute approximate surface area is 109 Å². The van der Waals surface area contributed by atoms with Gasteiger partial charge in [-0.25, -0.2) is 0 Å². The number of ether oxygens (including phenoxy) is 1. The van der Waals surface area contributed by atoms with Crippen molar-refractivity contribution in [3.8, 4) is 0 Å². The van der Waals surface area contributed by atoms with Crippen LogP contribution in [0.4, 0.5) is 0 Å². The minimum atomic E-state index is -0.530. The molecule has 0 spiro atoms. The van der Waals surface area contributed by atoms with Crippen LogP contribution in [0.25, 0.3) is 0 Å². The monoisotopic (exact) mass is 252 g/mol. The smallest absolute Gasteiger partial charge is 0.125 e. The molecule has 3 fully saturated rings. The van der Waals surface area contributed by atoms with E-state index in [4.69, 9.17) is 4.74 Å². The Morgan fingerprint density at radius 2 is 2.06 bits per heavy atom. The molecule has 0 aromatic carbocycles. The summed E-state index contributed by atoms with van der Waals surface area (Å²) in [4.78, 5) is 11.2. The van der Waals surface area contributed by atoms with E-state index in [1.165, 1.54) is 0 Å². The van der Waals surface area contributed by atoms with Gasteiger partial charge < -0.3 is 14.6 Å². The largest absolute Gasteiger partial charge is 0.389 e. The van der Waals surface area contributed by atoms with Crippen LogP contribution in [0, 0.1) is 23.2 Å². The Balaban J connectivity index is 1.83. The Morgan fingerprint density at radius 3 is 2.67 bits per heavy atom. The van der Waals surface area contributed by atoms with E-state index >= 15 is 0 Å². The summed E-state index contributed by atoms with van der Waals surface area (Å²) in [6.45, 7) is 6.62. The maximum Gasteiger partial charge on any atom is 0.125 e. The van der Waals surface area contributed by atoms with Gasteiger partial charge in [0.15, 0.2) is 0 Å². The van der Waals surface area contributed by atoms with Gasteiger partial charge in [-0.1, -0.05) is 20.8 Å². The second kappa shape index (κ2) is 3.80. The molecule has 1 N–H and O–H groups in total. The van der Waals surface area contributed by atoms with E-state index in [2.05, 4.69) is 20.8 Å². The molecule has 2 aliphatic carbocycles. The van der Waals surface area contributed by atoms with Gasteiger partial charge in [0.2, 0.25) is 0 Å². The molecule has 2 saturated carbocycles. The van der Waals surface area contributed by atoms with Crippen molar-refractivity contribution in [2.45, 2.75) is 64.3 Å². The Morgan fingerprint density at radius 1 is 1.33 bits per heavy atom. The van der Waals surface area contributed by atoms with Crippen molar-refractivity contribution in [3.05, 3.63) is 0 Å². The van der Waals surface area contributed by atoms with Crippen molar-refractivity contribution in [1.29, 1.82) is 0 Å². The summed E-state index contributed by atoms with van der Waals surface area (Å²) in [6, 6.07) is 0. The first-order chi connectivity index (χ1) is 8.38. The molecule has 6 atom stereocenters. The van der Waals surface area contributed by atoms with Crippen LogP contribution in [0.3, 0.4) is 0 Å². The van der Waals surface area contributed by atoms with Crippen molar-refractivity contribution in [2.24, 2.45) is 23.2 Å². The van der Waals surface area contributed by atoms with Crippen LogP contribution >= 0.6 is 0 Å². The predicted octanol–water partition coefficient (Wildman–Crippen LogP) is 2.17. The first-order valence-corrected chi connectivity index (χ1v) is 7.21. The zero-order valence-electron chi connectivity index (χ0n) is 11.6. The highest BCUT2D eigenvalue weighted by Gasteiger charge is 2.62. The summed E-state index contributed by atoms with van der Waals surface area (Å²) in [5, 5.41) is 10.9. The highest BCUT2D eigenvalue weighted by atomic mass is 16.6. The summed E-state index contributed by atoms with van der Waals surface area (Å²) < 4.78 is 5.63. The summed E-state index contributed by atoms with van der Waals surface area (Å²) in [7, 11) is 0. The second-order valence-corrected chi connectivity index (χ2v) is 7.36. The van der Waals surface area contributed by atoms with E-state index in [9.17, 15) is 9.90 Å². The first-order valence-electron chi connectivity index (χ1n) is 7.21. The lowest BCUT2D eigenvalue weighted by molar-refractivity contribution is -0.213. The minimum absolute atomic E-state index is 0.0425. The van der Waals surface area contributed by atoms with Gasteiger partial charge in [-0.05, 0) is 42.9 Å². The molecule has 1 saturated heterocycles. The molecule has 3 rings (SSSR count). The fraction of sp³-hybridized carbons (Fsp3) is 0.933. The van der Waals surface area contributed by atoms with Crippen LogP contribution in [0.1, 0.15) is 46.5 Å².